The molecule has 74 valence electrons. The number of hydrogen-bond donors (Lipinski definition) is 1. The summed E-state index contributed by atoms with van der Waals surface area (Å²) in [4.78, 5) is 0. The zero-order valence-corrected chi connectivity index (χ0v) is 8.68. The minimum absolute atomic E-state index is 0.516. The van der Waals surface area contributed by atoms with Crippen molar-refractivity contribution in [1.82, 2.24) is 5.32 Å². The Hall–Kier alpha value is -1.56. The van der Waals surface area contributed by atoms with Crippen molar-refractivity contribution < 1.29 is 4.74 Å². The van der Waals surface area contributed by atoms with Gasteiger partial charge in [0.05, 0.1) is 0 Å². The van der Waals surface area contributed by atoms with Gasteiger partial charge in [0.1, 0.15) is 12.7 Å². The summed E-state index contributed by atoms with van der Waals surface area (Å²) in [5, 5.41) is 3.27. The maximum Gasteiger partial charge on any atom is 0.124 e. The van der Waals surface area contributed by atoms with Crippen LogP contribution in [0.5, 0.6) is 0 Å². The topological polar surface area (TPSA) is 21.3 Å². The number of rotatable bonds is 5. The summed E-state index contributed by atoms with van der Waals surface area (Å²) in [7, 11) is 0. The fourth-order valence-electron chi connectivity index (χ4n) is 0.715. The number of ether oxygens (including phenoxy) is 1. The van der Waals surface area contributed by atoms with E-state index in [1.807, 2.05) is 0 Å². The molecule has 0 aromatic carbocycles. The average Bonchev–Trinajstić information content (AvgIpc) is 2.15. The summed E-state index contributed by atoms with van der Waals surface area (Å²) < 4.78 is 4.99. The lowest BCUT2D eigenvalue weighted by molar-refractivity contribution is 0.269. The van der Waals surface area contributed by atoms with Crippen LogP contribution >= 0.6 is 0 Å². The van der Waals surface area contributed by atoms with Gasteiger partial charge in [0.15, 0.2) is 0 Å². The lowest BCUT2D eigenvalue weighted by atomic mass is 10.3. The van der Waals surface area contributed by atoms with Crippen molar-refractivity contribution in [3.05, 3.63) is 0 Å². The quantitative estimate of drug-likeness (QED) is 0.514. The van der Waals surface area contributed by atoms with E-state index < -0.39 is 0 Å². The van der Waals surface area contributed by atoms with Gasteiger partial charge in [-0.1, -0.05) is 13.8 Å². The van der Waals surface area contributed by atoms with Crippen molar-refractivity contribution in [3.63, 3.8) is 0 Å². The van der Waals surface area contributed by atoms with Crippen molar-refractivity contribution in [1.29, 1.82) is 0 Å². The van der Waals surface area contributed by atoms with Gasteiger partial charge < -0.3 is 10.1 Å². The third kappa shape index (κ3) is 10.4. The molecule has 0 aliphatic rings. The van der Waals surface area contributed by atoms with Crippen LogP contribution in [0.15, 0.2) is 0 Å². The van der Waals surface area contributed by atoms with Crippen LogP contribution in [0.1, 0.15) is 20.3 Å². The molecule has 0 aliphatic heterocycles. The van der Waals surface area contributed by atoms with Crippen LogP contribution < -0.4 is 5.32 Å². The van der Waals surface area contributed by atoms with Crippen molar-refractivity contribution in [3.8, 4) is 36.2 Å². The second-order valence-electron chi connectivity index (χ2n) is 2.93. The summed E-state index contributed by atoms with van der Waals surface area (Å²) >= 11 is 0. The molecule has 0 saturated carbocycles. The predicted octanol–water partition coefficient (Wildman–Crippen LogP) is 0.989. The molecular weight excluding hydrogens is 174 g/mol. The molecule has 0 atom stereocenters. The second-order valence-corrected chi connectivity index (χ2v) is 2.93. The van der Waals surface area contributed by atoms with Gasteiger partial charge in [-0.3, -0.25) is 0 Å². The Balaban J connectivity index is 3.29. The molecule has 0 spiro atoms. The fourth-order valence-corrected chi connectivity index (χ4v) is 0.715. The normalized spacial score (nSPS) is 7.86. The summed E-state index contributed by atoms with van der Waals surface area (Å²) in [6.45, 7) is 5.77. The summed E-state index contributed by atoms with van der Waals surface area (Å²) in [5.74, 6) is 9.49. The van der Waals surface area contributed by atoms with Crippen LogP contribution in [0.25, 0.3) is 0 Å². The van der Waals surface area contributed by atoms with Gasteiger partial charge in [-0.25, -0.2) is 0 Å². The zero-order chi connectivity index (χ0) is 10.6. The molecule has 0 aliphatic carbocycles. The minimum atomic E-state index is 0.516. The summed E-state index contributed by atoms with van der Waals surface area (Å²) in [6, 6.07) is 0.516. The molecule has 0 heterocycles. The predicted molar refractivity (Wildman–Crippen MR) is 58.1 cm³/mol. The Bertz CT molecular complexity index is 290. The first kappa shape index (κ1) is 12.4. The van der Waals surface area contributed by atoms with E-state index in [0.717, 1.165) is 13.0 Å². The summed E-state index contributed by atoms with van der Waals surface area (Å²) in [5.41, 5.74) is 0. The summed E-state index contributed by atoms with van der Waals surface area (Å²) in [6.07, 6.45) is 8.30. The molecule has 2 nitrogen and oxygen atoms in total. The average molecular weight is 189 g/mol. The first-order chi connectivity index (χ1) is 6.77. The lowest BCUT2D eigenvalue weighted by Gasteiger charge is -2.05. The van der Waals surface area contributed by atoms with Gasteiger partial charge in [0.25, 0.3) is 0 Å². The molecule has 0 bridgehead atoms. The Morgan fingerprint density at radius 2 is 2.07 bits per heavy atom. The van der Waals surface area contributed by atoms with Crippen LogP contribution in [-0.2, 0) is 4.74 Å². The van der Waals surface area contributed by atoms with Crippen molar-refractivity contribution in [2.24, 2.45) is 0 Å². The van der Waals surface area contributed by atoms with E-state index in [1.165, 1.54) is 0 Å². The van der Waals surface area contributed by atoms with Crippen LogP contribution in [-0.4, -0.2) is 19.2 Å². The maximum absolute atomic E-state index is 4.99. The van der Waals surface area contributed by atoms with E-state index in [0.29, 0.717) is 12.6 Å². The molecule has 0 fully saturated rings. The van der Waals surface area contributed by atoms with Crippen molar-refractivity contribution >= 4 is 0 Å². The Labute approximate surface area is 86.4 Å². The van der Waals surface area contributed by atoms with Crippen LogP contribution in [0.2, 0.25) is 0 Å². The number of nitrogens with one attached hydrogen (secondary N) is 1. The highest BCUT2D eigenvalue weighted by Gasteiger charge is 1.90. The smallest absolute Gasteiger partial charge is 0.124 e. The molecule has 0 rings (SSSR count). The minimum Gasteiger partial charge on any atom is -0.446 e. The Kier molecular flexibility index (Phi) is 8.47. The Morgan fingerprint density at radius 1 is 1.29 bits per heavy atom. The number of hydrogen-bond acceptors (Lipinski definition) is 2. The van der Waals surface area contributed by atoms with Crippen molar-refractivity contribution in [2.45, 2.75) is 26.3 Å². The van der Waals surface area contributed by atoms with Crippen molar-refractivity contribution in [2.75, 3.05) is 13.2 Å². The van der Waals surface area contributed by atoms with E-state index in [1.54, 1.807) is 0 Å². The zero-order valence-electron chi connectivity index (χ0n) is 8.68. The first-order valence-corrected chi connectivity index (χ1v) is 4.58. The molecule has 0 aromatic heterocycles. The van der Waals surface area contributed by atoms with Crippen LogP contribution in [0.3, 0.4) is 0 Å². The molecule has 2 heteroatoms. The standard InChI is InChI=1S/C12H15NO/c1-4-5-6-7-10-14-11-8-9-13-12(2)3/h1,12-13H,8-9,11H2,2-3H3. The van der Waals surface area contributed by atoms with Gasteiger partial charge >= 0.3 is 0 Å². The van der Waals surface area contributed by atoms with E-state index >= 15 is 0 Å². The van der Waals surface area contributed by atoms with Crippen LogP contribution in [0.4, 0.5) is 0 Å². The molecule has 0 saturated heterocycles. The highest BCUT2D eigenvalue weighted by Crippen LogP contribution is 1.81. The molecule has 0 radical (unpaired) electrons. The maximum atomic E-state index is 4.99. The van der Waals surface area contributed by atoms with E-state index in [9.17, 15) is 0 Å². The Morgan fingerprint density at radius 3 is 2.71 bits per heavy atom. The van der Waals surface area contributed by atoms with Gasteiger partial charge in [-0.2, -0.15) is 0 Å². The molecule has 14 heavy (non-hydrogen) atoms. The molecule has 0 amide bonds. The fraction of sp³-hybridized carbons (Fsp3) is 0.500. The largest absolute Gasteiger partial charge is 0.446 e. The number of terminal acetylenes is 1. The van der Waals surface area contributed by atoms with Gasteiger partial charge in [-0.05, 0) is 24.8 Å². The molecular formula is C12H15NO. The second kappa shape index (κ2) is 9.53. The molecule has 0 unspecified atom stereocenters. The van der Waals surface area contributed by atoms with E-state index in [4.69, 9.17) is 11.2 Å². The SMILES string of the molecule is C#CC#CC#COCCCNC(C)C. The van der Waals surface area contributed by atoms with Crippen LogP contribution in [0, 0.1) is 36.2 Å². The van der Waals surface area contributed by atoms with E-state index in [-0.39, 0.29) is 0 Å². The van der Waals surface area contributed by atoms with Gasteiger partial charge in [0, 0.05) is 17.9 Å². The molecule has 0 aromatic rings. The van der Waals surface area contributed by atoms with E-state index in [2.05, 4.69) is 49.0 Å². The highest BCUT2D eigenvalue weighted by molar-refractivity contribution is 5.32. The molecule has 1 N–H and O–H groups in total. The highest BCUT2D eigenvalue weighted by atomic mass is 16.5. The lowest BCUT2D eigenvalue weighted by Crippen LogP contribution is -2.24. The van der Waals surface area contributed by atoms with Gasteiger partial charge in [0.2, 0.25) is 0 Å². The monoisotopic (exact) mass is 189 g/mol. The third-order valence-electron chi connectivity index (χ3n) is 1.30. The first-order valence-electron chi connectivity index (χ1n) is 4.58. The third-order valence-corrected chi connectivity index (χ3v) is 1.30. The van der Waals surface area contributed by atoms with Gasteiger partial charge in [-0.15, -0.1) is 6.42 Å².